The van der Waals surface area contributed by atoms with Crippen LogP contribution < -0.4 is 9.47 Å². The molecule has 144 valence electrons. The Balaban J connectivity index is 1.48. The second-order valence-electron chi connectivity index (χ2n) is 6.15. The van der Waals surface area contributed by atoms with Gasteiger partial charge in [-0.25, -0.2) is 4.98 Å². The molecule has 1 aliphatic heterocycles. The van der Waals surface area contributed by atoms with E-state index in [1.54, 1.807) is 4.90 Å². The van der Waals surface area contributed by atoms with Gasteiger partial charge in [-0.15, -0.1) is 0 Å². The summed E-state index contributed by atoms with van der Waals surface area (Å²) in [6, 6.07) is 10.8. The lowest BCUT2D eigenvalue weighted by Crippen LogP contribution is -2.56. The number of alkyl halides is 3. The summed E-state index contributed by atoms with van der Waals surface area (Å²) in [5.74, 6) is 0.601. The van der Waals surface area contributed by atoms with Crippen LogP contribution in [0.15, 0.2) is 42.5 Å². The van der Waals surface area contributed by atoms with E-state index in [1.165, 1.54) is 12.1 Å². The number of aromatic nitrogens is 1. The molecular formula is C19H19F3N2O3. The second-order valence-corrected chi connectivity index (χ2v) is 6.15. The molecule has 0 bridgehead atoms. The molecule has 0 unspecified atom stereocenters. The van der Waals surface area contributed by atoms with Gasteiger partial charge in [-0.2, -0.15) is 13.2 Å². The molecule has 2 heterocycles. The number of pyridine rings is 1. The SMILES string of the molecule is CCOc1ccc(CC(=O)N2CC(Oc3cccc(C(F)(F)F)n3)C2)cc1. The molecule has 3 rings (SSSR count). The molecule has 0 N–H and O–H groups in total. The van der Waals surface area contributed by atoms with Crippen molar-refractivity contribution in [2.24, 2.45) is 0 Å². The minimum atomic E-state index is -4.52. The lowest BCUT2D eigenvalue weighted by Gasteiger charge is -2.38. The molecule has 1 amide bonds. The molecule has 0 spiro atoms. The van der Waals surface area contributed by atoms with Crippen molar-refractivity contribution >= 4 is 5.91 Å². The smallest absolute Gasteiger partial charge is 0.433 e. The van der Waals surface area contributed by atoms with Crippen molar-refractivity contribution in [2.45, 2.75) is 25.6 Å². The fourth-order valence-corrected chi connectivity index (χ4v) is 2.68. The van der Waals surface area contributed by atoms with Crippen LogP contribution in [0.4, 0.5) is 13.2 Å². The molecule has 1 fully saturated rings. The van der Waals surface area contributed by atoms with Crippen LogP contribution in [0.2, 0.25) is 0 Å². The predicted octanol–water partition coefficient (Wildman–Crippen LogP) is 3.33. The van der Waals surface area contributed by atoms with Gasteiger partial charge in [-0.1, -0.05) is 18.2 Å². The second kappa shape index (κ2) is 7.85. The number of ether oxygens (including phenoxy) is 2. The van der Waals surface area contributed by atoms with Crippen molar-refractivity contribution < 1.29 is 27.4 Å². The topological polar surface area (TPSA) is 51.7 Å². The Morgan fingerprint density at radius 3 is 2.52 bits per heavy atom. The van der Waals surface area contributed by atoms with Crippen molar-refractivity contribution in [2.75, 3.05) is 19.7 Å². The fraction of sp³-hybridized carbons (Fsp3) is 0.368. The lowest BCUT2D eigenvalue weighted by atomic mass is 10.1. The van der Waals surface area contributed by atoms with Gasteiger partial charge in [0.15, 0.2) is 0 Å². The van der Waals surface area contributed by atoms with Crippen molar-refractivity contribution in [3.8, 4) is 11.6 Å². The molecule has 2 aromatic rings. The zero-order valence-corrected chi connectivity index (χ0v) is 14.7. The average molecular weight is 380 g/mol. The van der Waals surface area contributed by atoms with E-state index in [1.807, 2.05) is 31.2 Å². The predicted molar refractivity (Wildman–Crippen MR) is 91.6 cm³/mol. The lowest BCUT2D eigenvalue weighted by molar-refractivity contribution is -0.141. The molecule has 1 saturated heterocycles. The standard InChI is InChI=1S/C19H19F3N2O3/c1-2-26-14-8-6-13(7-9-14)10-18(25)24-11-15(12-24)27-17-5-3-4-16(23-17)19(20,21)22/h3-9,15H,2,10-12H2,1H3. The summed E-state index contributed by atoms with van der Waals surface area (Å²) in [6.45, 7) is 3.13. The number of hydrogen-bond donors (Lipinski definition) is 0. The first kappa shape index (κ1) is 19.0. The van der Waals surface area contributed by atoms with Crippen LogP contribution in [0.25, 0.3) is 0 Å². The van der Waals surface area contributed by atoms with Gasteiger partial charge in [0.05, 0.1) is 26.1 Å². The average Bonchev–Trinajstić information content (AvgIpc) is 2.59. The molecule has 5 nitrogen and oxygen atoms in total. The maximum absolute atomic E-state index is 12.7. The van der Waals surface area contributed by atoms with Crippen LogP contribution in [0.3, 0.4) is 0 Å². The van der Waals surface area contributed by atoms with E-state index in [-0.39, 0.29) is 24.3 Å². The van der Waals surface area contributed by atoms with E-state index in [4.69, 9.17) is 9.47 Å². The van der Waals surface area contributed by atoms with Gasteiger partial charge >= 0.3 is 6.18 Å². The summed E-state index contributed by atoms with van der Waals surface area (Å²) in [5.41, 5.74) is -0.130. The van der Waals surface area contributed by atoms with Gasteiger partial charge in [0, 0.05) is 6.07 Å². The van der Waals surface area contributed by atoms with Crippen LogP contribution >= 0.6 is 0 Å². The maximum Gasteiger partial charge on any atom is 0.433 e. The Kier molecular flexibility index (Phi) is 5.53. The number of hydrogen-bond acceptors (Lipinski definition) is 4. The first-order chi connectivity index (χ1) is 12.8. The highest BCUT2D eigenvalue weighted by Gasteiger charge is 2.35. The van der Waals surface area contributed by atoms with Crippen molar-refractivity contribution in [3.05, 3.63) is 53.7 Å². The zero-order chi connectivity index (χ0) is 19.4. The van der Waals surface area contributed by atoms with Gasteiger partial charge in [0.25, 0.3) is 0 Å². The normalized spacial score (nSPS) is 14.6. The van der Waals surface area contributed by atoms with E-state index in [9.17, 15) is 18.0 Å². The number of carbonyl (C=O) groups is 1. The van der Waals surface area contributed by atoms with Crippen molar-refractivity contribution in [1.29, 1.82) is 0 Å². The zero-order valence-electron chi connectivity index (χ0n) is 14.7. The highest BCUT2D eigenvalue weighted by Crippen LogP contribution is 2.29. The van der Waals surface area contributed by atoms with Crippen molar-refractivity contribution in [1.82, 2.24) is 9.88 Å². The summed E-state index contributed by atoms with van der Waals surface area (Å²) in [5, 5.41) is 0. The number of halogens is 3. The summed E-state index contributed by atoms with van der Waals surface area (Å²) >= 11 is 0. The van der Waals surface area contributed by atoms with Crippen molar-refractivity contribution in [3.63, 3.8) is 0 Å². The first-order valence-corrected chi connectivity index (χ1v) is 8.55. The third kappa shape index (κ3) is 4.90. The number of benzene rings is 1. The summed E-state index contributed by atoms with van der Waals surface area (Å²) in [4.78, 5) is 17.3. The molecule has 0 aliphatic carbocycles. The Labute approximate surface area is 154 Å². The quantitative estimate of drug-likeness (QED) is 0.772. The van der Waals surface area contributed by atoms with E-state index in [2.05, 4.69) is 4.98 Å². The molecule has 0 saturated carbocycles. The third-order valence-corrected chi connectivity index (χ3v) is 4.09. The Bertz CT molecular complexity index is 788. The molecule has 8 heteroatoms. The van der Waals surface area contributed by atoms with Crippen LogP contribution in [0, 0.1) is 0 Å². The van der Waals surface area contributed by atoms with E-state index in [0.717, 1.165) is 17.4 Å². The largest absolute Gasteiger partial charge is 0.494 e. The van der Waals surface area contributed by atoms with E-state index in [0.29, 0.717) is 19.7 Å². The molecule has 0 radical (unpaired) electrons. The number of carbonyl (C=O) groups excluding carboxylic acids is 1. The Morgan fingerprint density at radius 1 is 1.19 bits per heavy atom. The van der Waals surface area contributed by atoms with Gasteiger partial charge in [-0.05, 0) is 30.7 Å². The minimum absolute atomic E-state index is 0.0592. The van der Waals surface area contributed by atoms with Gasteiger partial charge < -0.3 is 14.4 Å². The van der Waals surface area contributed by atoms with Crippen LogP contribution in [-0.4, -0.2) is 41.6 Å². The minimum Gasteiger partial charge on any atom is -0.494 e. The first-order valence-electron chi connectivity index (χ1n) is 8.55. The summed E-state index contributed by atoms with van der Waals surface area (Å²) < 4.78 is 48.8. The third-order valence-electron chi connectivity index (χ3n) is 4.09. The van der Waals surface area contributed by atoms with Gasteiger partial charge in [0.2, 0.25) is 11.8 Å². The maximum atomic E-state index is 12.7. The van der Waals surface area contributed by atoms with Gasteiger partial charge in [-0.3, -0.25) is 4.79 Å². The number of amides is 1. The van der Waals surface area contributed by atoms with Crippen LogP contribution in [0.5, 0.6) is 11.6 Å². The molecular weight excluding hydrogens is 361 g/mol. The van der Waals surface area contributed by atoms with Crippen LogP contribution in [0.1, 0.15) is 18.2 Å². The molecule has 0 atom stereocenters. The molecule has 1 aromatic heterocycles. The summed E-state index contributed by atoms with van der Waals surface area (Å²) in [7, 11) is 0. The molecule has 1 aromatic carbocycles. The Hall–Kier alpha value is -2.77. The Morgan fingerprint density at radius 2 is 1.89 bits per heavy atom. The molecule has 27 heavy (non-hydrogen) atoms. The number of nitrogens with zero attached hydrogens (tertiary/aromatic N) is 2. The highest BCUT2D eigenvalue weighted by molar-refractivity contribution is 5.79. The van der Waals surface area contributed by atoms with E-state index < -0.39 is 11.9 Å². The molecule has 1 aliphatic rings. The monoisotopic (exact) mass is 380 g/mol. The fourth-order valence-electron chi connectivity index (χ4n) is 2.68. The number of likely N-dealkylation sites (tertiary alicyclic amines) is 1. The highest BCUT2D eigenvalue weighted by atomic mass is 19.4. The van der Waals surface area contributed by atoms with E-state index >= 15 is 0 Å². The number of rotatable bonds is 6. The van der Waals surface area contributed by atoms with Gasteiger partial charge in [0.1, 0.15) is 17.5 Å². The summed E-state index contributed by atoms with van der Waals surface area (Å²) in [6.07, 6.45) is -4.62. The van der Waals surface area contributed by atoms with Crippen LogP contribution in [-0.2, 0) is 17.4 Å².